The molecule has 7 atom stereocenters. The summed E-state index contributed by atoms with van der Waals surface area (Å²) in [5.41, 5.74) is 0.0228. The van der Waals surface area contributed by atoms with Gasteiger partial charge in [-0.1, -0.05) is 54.5 Å². The average molecular weight is 587 g/mol. The molecule has 4 fully saturated rings. The molecule has 0 aromatic heterocycles. The molecule has 5 aliphatic rings. The van der Waals surface area contributed by atoms with Crippen molar-refractivity contribution in [3.63, 3.8) is 0 Å². The van der Waals surface area contributed by atoms with E-state index in [1.165, 1.54) is 12.7 Å². The highest BCUT2D eigenvalue weighted by molar-refractivity contribution is 6.77. The molecule has 0 aliphatic carbocycles. The number of rotatable bonds is 8. The smallest absolute Gasteiger partial charge is 0.343 e. The van der Waals surface area contributed by atoms with Crippen molar-refractivity contribution in [3.05, 3.63) is 23.8 Å². The standard InChI is InChI=1S/C32H50N2O6Si/c1-11-29-17-23(39-41(19(2)3,20(4)5)21(6)7)18-34-15-14-30-24-13-12-22(37-9)16-25(24)33(8)26(30)31(27(29)35,28(36)38-10)40-32(29,30)34/h12-13,16,19-21,23,26-27,35H,11,14-15,17-18H2,1-10H3/t23-,26+,27+,29-,30-,31-,32-/m0/s1. The fraction of sp³-hybridized carbons (Fsp3) is 0.781. The summed E-state index contributed by atoms with van der Waals surface area (Å²) in [6, 6.07) is 5.86. The highest BCUT2D eigenvalue weighted by Gasteiger charge is 2.94. The molecule has 6 rings (SSSR count). The van der Waals surface area contributed by atoms with Crippen molar-refractivity contribution in [2.45, 2.75) is 119 Å². The SMILES string of the molecule is CC[C@@]12C[C@H](O[Si](C(C)C)(C(C)C)C(C)C)CN3CC[C@]45c6ccc(OC)cc6N(C)[C@H]4[C@](C(=O)OC)(O[C@@]315)[C@@H]2O. The first kappa shape index (κ1) is 29.4. The normalized spacial score (nSPS) is 39.1. The Morgan fingerprint density at radius 2 is 1.80 bits per heavy atom. The molecule has 41 heavy (non-hydrogen) atoms. The van der Waals surface area contributed by atoms with E-state index in [0.29, 0.717) is 29.5 Å². The molecule has 9 heteroatoms. The molecule has 0 amide bonds. The minimum Gasteiger partial charge on any atom is -0.497 e. The monoisotopic (exact) mass is 586 g/mol. The number of esters is 1. The Bertz CT molecular complexity index is 1220. The largest absolute Gasteiger partial charge is 0.497 e. The van der Waals surface area contributed by atoms with Gasteiger partial charge in [-0.25, -0.2) is 4.79 Å². The van der Waals surface area contributed by atoms with Crippen LogP contribution in [0.15, 0.2) is 18.2 Å². The molecule has 4 saturated heterocycles. The van der Waals surface area contributed by atoms with E-state index in [0.717, 1.165) is 30.9 Å². The summed E-state index contributed by atoms with van der Waals surface area (Å²) in [5, 5.41) is 12.6. The van der Waals surface area contributed by atoms with Crippen molar-refractivity contribution >= 4 is 20.0 Å². The van der Waals surface area contributed by atoms with Crippen molar-refractivity contribution in [2.24, 2.45) is 5.41 Å². The van der Waals surface area contributed by atoms with Crippen LogP contribution >= 0.6 is 0 Å². The molecule has 1 aromatic rings. The van der Waals surface area contributed by atoms with Crippen LogP contribution in [0.1, 0.15) is 73.3 Å². The van der Waals surface area contributed by atoms with E-state index in [9.17, 15) is 9.90 Å². The van der Waals surface area contributed by atoms with Crippen LogP contribution in [0.5, 0.6) is 5.75 Å². The van der Waals surface area contributed by atoms with E-state index >= 15 is 0 Å². The van der Waals surface area contributed by atoms with Gasteiger partial charge in [-0.3, -0.25) is 4.90 Å². The quantitative estimate of drug-likeness (QED) is 0.343. The molecule has 0 saturated carbocycles. The van der Waals surface area contributed by atoms with Gasteiger partial charge in [0.25, 0.3) is 0 Å². The Hall–Kier alpha value is -1.65. The Morgan fingerprint density at radius 3 is 2.37 bits per heavy atom. The molecular formula is C32H50N2O6Si. The van der Waals surface area contributed by atoms with Crippen LogP contribution in [0, 0.1) is 5.41 Å². The second-order valence-electron chi connectivity index (χ2n) is 14.3. The van der Waals surface area contributed by atoms with Crippen molar-refractivity contribution in [2.75, 3.05) is 39.3 Å². The van der Waals surface area contributed by atoms with E-state index in [1.807, 2.05) is 13.1 Å². The van der Waals surface area contributed by atoms with Crippen molar-refractivity contribution in [1.29, 1.82) is 0 Å². The lowest BCUT2D eigenvalue weighted by Gasteiger charge is -2.62. The number of nitrogens with zero attached hydrogens (tertiary/aromatic N) is 2. The zero-order valence-electron chi connectivity index (χ0n) is 26.6. The summed E-state index contributed by atoms with van der Waals surface area (Å²) in [6.45, 7) is 17.6. The number of hydrogen-bond acceptors (Lipinski definition) is 8. The number of piperidine rings is 1. The topological polar surface area (TPSA) is 80.7 Å². The van der Waals surface area contributed by atoms with Crippen LogP contribution in [-0.2, 0) is 24.1 Å². The van der Waals surface area contributed by atoms with Gasteiger partial charge in [0.1, 0.15) is 17.6 Å². The van der Waals surface area contributed by atoms with Gasteiger partial charge in [0.2, 0.25) is 13.9 Å². The van der Waals surface area contributed by atoms with Gasteiger partial charge in [-0.15, -0.1) is 0 Å². The van der Waals surface area contributed by atoms with Gasteiger partial charge in [0.15, 0.2) is 0 Å². The Kier molecular flexibility index (Phi) is 6.58. The summed E-state index contributed by atoms with van der Waals surface area (Å²) in [5.74, 6) is 0.288. The minimum absolute atomic E-state index is 0.0465. The summed E-state index contributed by atoms with van der Waals surface area (Å²) in [4.78, 5) is 18.6. The molecule has 8 nitrogen and oxygen atoms in total. The van der Waals surface area contributed by atoms with E-state index in [-0.39, 0.29) is 6.10 Å². The lowest BCUT2D eigenvalue weighted by molar-refractivity contribution is -0.226. The van der Waals surface area contributed by atoms with Gasteiger partial charge >= 0.3 is 5.97 Å². The van der Waals surface area contributed by atoms with Crippen LogP contribution in [0.25, 0.3) is 0 Å². The number of hydrogen-bond donors (Lipinski definition) is 1. The van der Waals surface area contributed by atoms with E-state index in [1.54, 1.807) is 7.11 Å². The molecule has 1 N–H and O–H groups in total. The zero-order chi connectivity index (χ0) is 29.9. The third kappa shape index (κ3) is 2.98. The van der Waals surface area contributed by atoms with Crippen LogP contribution < -0.4 is 9.64 Å². The van der Waals surface area contributed by atoms with Gasteiger partial charge in [-0.2, -0.15) is 0 Å². The first-order chi connectivity index (χ1) is 19.3. The second-order valence-corrected chi connectivity index (χ2v) is 19.7. The number of carbonyl (C=O) groups is 1. The van der Waals surface area contributed by atoms with Crippen molar-refractivity contribution in [3.8, 4) is 5.75 Å². The molecule has 5 heterocycles. The van der Waals surface area contributed by atoms with Gasteiger partial charge in [0, 0.05) is 37.3 Å². The lowest BCUT2D eigenvalue weighted by atomic mass is 9.48. The highest BCUT2D eigenvalue weighted by atomic mass is 28.4. The molecule has 2 spiro atoms. The summed E-state index contributed by atoms with van der Waals surface area (Å²) in [6.07, 6.45) is 1.08. The number of anilines is 1. The number of ether oxygens (including phenoxy) is 3. The fourth-order valence-corrected chi connectivity index (χ4v) is 16.8. The molecular weight excluding hydrogens is 536 g/mol. The highest BCUT2D eigenvalue weighted by Crippen LogP contribution is 2.79. The molecule has 5 aliphatic heterocycles. The molecule has 2 bridgehead atoms. The maximum atomic E-state index is 14.0. The van der Waals surface area contributed by atoms with Crippen LogP contribution in [-0.4, -0.2) is 88.2 Å². The van der Waals surface area contributed by atoms with E-state index < -0.39 is 48.6 Å². The van der Waals surface area contributed by atoms with Crippen molar-refractivity contribution in [1.82, 2.24) is 4.90 Å². The van der Waals surface area contributed by atoms with Gasteiger partial charge < -0.3 is 28.6 Å². The predicted molar refractivity (Wildman–Crippen MR) is 161 cm³/mol. The number of aliphatic hydroxyl groups excluding tert-OH is 1. The van der Waals surface area contributed by atoms with Crippen LogP contribution in [0.4, 0.5) is 5.69 Å². The third-order valence-electron chi connectivity index (χ3n) is 12.3. The zero-order valence-corrected chi connectivity index (χ0v) is 27.6. The first-order valence-corrected chi connectivity index (χ1v) is 17.8. The van der Waals surface area contributed by atoms with E-state index in [4.69, 9.17) is 18.6 Å². The van der Waals surface area contributed by atoms with Crippen LogP contribution in [0.3, 0.4) is 0 Å². The minimum atomic E-state index is -2.20. The number of carbonyl (C=O) groups excluding carboxylic acids is 1. The van der Waals surface area contributed by atoms with Gasteiger partial charge in [-0.05, 0) is 47.5 Å². The number of methoxy groups -OCH3 is 2. The maximum absolute atomic E-state index is 14.0. The van der Waals surface area contributed by atoms with Crippen LogP contribution in [0.2, 0.25) is 16.6 Å². The Labute approximate surface area is 246 Å². The molecule has 0 radical (unpaired) electrons. The summed E-state index contributed by atoms with van der Waals surface area (Å²) in [7, 11) is 2.91. The van der Waals surface area contributed by atoms with E-state index in [2.05, 4.69) is 70.4 Å². The second kappa shape index (κ2) is 9.18. The lowest BCUT2D eigenvalue weighted by Crippen LogP contribution is -2.77. The Balaban J connectivity index is 1.55. The summed E-state index contributed by atoms with van der Waals surface area (Å²) < 4.78 is 25.8. The number of fused-ring (bicyclic) bond motifs is 3. The fourth-order valence-electron chi connectivity index (χ4n) is 11.2. The molecule has 1 aromatic carbocycles. The third-order valence-corrected chi connectivity index (χ3v) is 18.5. The molecule has 0 unspecified atom stereocenters. The summed E-state index contributed by atoms with van der Waals surface area (Å²) >= 11 is 0. The average Bonchev–Trinajstić information content (AvgIpc) is 3.57. The number of benzene rings is 1. The Morgan fingerprint density at radius 1 is 1.15 bits per heavy atom. The molecule has 228 valence electrons. The van der Waals surface area contributed by atoms with Gasteiger partial charge in [0.05, 0.1) is 31.8 Å². The predicted octanol–water partition coefficient (Wildman–Crippen LogP) is 4.83. The number of likely N-dealkylation sites (N-methyl/N-ethyl adjacent to an activating group) is 1. The first-order valence-electron chi connectivity index (χ1n) is 15.6. The number of aliphatic hydroxyl groups is 1. The maximum Gasteiger partial charge on any atom is 0.343 e. The van der Waals surface area contributed by atoms with Crippen molar-refractivity contribution < 1.29 is 28.5 Å².